The van der Waals surface area contributed by atoms with Gasteiger partial charge in [0.15, 0.2) is 34.9 Å². The summed E-state index contributed by atoms with van der Waals surface area (Å²) in [6, 6.07) is 123. The fourth-order valence-corrected chi connectivity index (χ4v) is 14.6. The van der Waals surface area contributed by atoms with Gasteiger partial charge >= 0.3 is 0 Å². The van der Waals surface area contributed by atoms with Crippen LogP contribution in [0.25, 0.3) is 212 Å². The van der Waals surface area contributed by atoms with E-state index in [1.807, 2.05) is 146 Å². The molecule has 0 spiro atoms. The van der Waals surface area contributed by atoms with Crippen molar-refractivity contribution in [2.75, 3.05) is 0 Å². The van der Waals surface area contributed by atoms with E-state index in [4.69, 9.17) is 54.8 Å². The maximum absolute atomic E-state index is 5.16. The van der Waals surface area contributed by atoms with E-state index >= 15 is 0 Å². The average molecular weight is 1410 g/mol. The Bertz CT molecular complexity index is 7030. The number of hydrogen-bond donors (Lipinski definition) is 0. The normalized spacial score (nSPS) is 11.5. The number of pyridine rings is 6. The van der Waals surface area contributed by atoms with Gasteiger partial charge in [0.25, 0.3) is 0 Å². The second-order valence-corrected chi connectivity index (χ2v) is 27.2. The first-order valence-corrected chi connectivity index (χ1v) is 36.5. The molecule has 0 saturated carbocycles. The fourth-order valence-electron chi connectivity index (χ4n) is 14.6. The molecule has 21 rings (SSSR count). The van der Waals surface area contributed by atoms with Crippen molar-refractivity contribution >= 4 is 87.0 Å². The van der Waals surface area contributed by atoms with Crippen LogP contribution in [0.4, 0.5) is 0 Å². The zero-order valence-electron chi connectivity index (χ0n) is 59.0. The number of nitrogens with zero attached hydrogens (tertiary/aromatic N) is 12. The van der Waals surface area contributed by atoms with E-state index in [1.54, 1.807) is 0 Å². The Morgan fingerprint density at radius 3 is 1.02 bits per heavy atom. The van der Waals surface area contributed by atoms with Gasteiger partial charge in [-0.25, -0.2) is 54.8 Å². The van der Waals surface area contributed by atoms with Crippen molar-refractivity contribution in [3.8, 4) is 125 Å². The van der Waals surface area contributed by atoms with Crippen molar-refractivity contribution in [3.63, 3.8) is 0 Å². The predicted octanol–water partition coefficient (Wildman–Crippen LogP) is 23.7. The Morgan fingerprint density at radius 2 is 0.500 bits per heavy atom. The Morgan fingerprint density at radius 1 is 0.155 bits per heavy atom. The minimum atomic E-state index is 0.527. The van der Waals surface area contributed by atoms with Gasteiger partial charge in [-0.2, -0.15) is 0 Å². The average Bonchev–Trinajstić information content (AvgIpc) is 0.753. The third-order valence-electron chi connectivity index (χ3n) is 20.2. The molecule has 0 fully saturated rings. The summed E-state index contributed by atoms with van der Waals surface area (Å²) in [5, 5.41) is 11.3. The molecule has 12 nitrogen and oxygen atoms in total. The molecule has 0 bridgehead atoms. The quantitative estimate of drug-likeness (QED) is 0.113. The topological polar surface area (TPSA) is 155 Å². The van der Waals surface area contributed by atoms with Crippen molar-refractivity contribution in [1.29, 1.82) is 0 Å². The molecule has 0 saturated heterocycles. The standard InChI is InChI=1S/C51H31N7.C47H29N5/c1-3-8-37(9-4-1)49-56-50(38-10-5-2-6-11-38)58-51(57-49)45-28-21-34-17-20-40(31-46(34)54-45)39-23-26-44-41(30-39)24-27-42(53-44)32-13-15-33(16-14-32)43-25-22-36-19-18-35-12-7-29-52-47(35)48(36)55-43;1-3-11-31(12-4-1)45-50-46(32-13-5-2-6-14-32)52-47(51-45)43-26-21-30-19-20-34(29-44(30)49-43)33-22-24-41-36(27-33)23-25-42(48-41)40-28-35-15-7-8-16-37(35)38-17-9-10-18-39(38)40/h1-31H;1-29H. The summed E-state index contributed by atoms with van der Waals surface area (Å²) in [5.74, 6) is 3.50. The molecule has 0 radical (unpaired) electrons. The zero-order valence-corrected chi connectivity index (χ0v) is 59.0. The molecule has 21 aromatic rings. The highest BCUT2D eigenvalue weighted by atomic mass is 15.1. The van der Waals surface area contributed by atoms with Crippen molar-refractivity contribution in [2.45, 2.75) is 0 Å². The molecule has 0 unspecified atom stereocenters. The highest BCUT2D eigenvalue weighted by molar-refractivity contribution is 6.14. The Labute approximate surface area is 631 Å². The molecule has 110 heavy (non-hydrogen) atoms. The van der Waals surface area contributed by atoms with Gasteiger partial charge < -0.3 is 0 Å². The molecule has 0 aliphatic carbocycles. The molecule has 13 aromatic carbocycles. The predicted molar refractivity (Wildman–Crippen MR) is 446 cm³/mol. The number of benzene rings is 13. The van der Waals surface area contributed by atoms with Gasteiger partial charge in [-0.05, 0) is 123 Å². The van der Waals surface area contributed by atoms with Crippen LogP contribution in [0.2, 0.25) is 0 Å². The second kappa shape index (κ2) is 27.7. The van der Waals surface area contributed by atoms with E-state index in [-0.39, 0.29) is 0 Å². The molecule has 0 N–H and O–H groups in total. The van der Waals surface area contributed by atoms with E-state index in [1.165, 1.54) is 21.5 Å². The maximum Gasteiger partial charge on any atom is 0.182 e. The molecule has 8 heterocycles. The SMILES string of the molecule is c1ccc(-c2nc(-c3ccccc3)nc(-c3ccc4ccc(-c5ccc6nc(-c7cc8ccccc8c8ccccc78)ccc6c5)cc4n3)n2)cc1.c1ccc(-c2nc(-c3ccccc3)nc(-c3ccc4ccc(-c5ccc6nc(-c7ccc(-c8ccc9ccc%10cccnc%10c9n8)cc7)ccc6c5)cc4n3)n2)cc1. The zero-order chi connectivity index (χ0) is 72.9. The van der Waals surface area contributed by atoms with Gasteiger partial charge in [-0.15, -0.1) is 0 Å². The van der Waals surface area contributed by atoms with E-state index in [2.05, 4.69) is 223 Å². The first-order chi connectivity index (χ1) is 54.4. The Hall–Kier alpha value is -15.1. The fraction of sp³-hybridized carbons (Fsp3) is 0. The largest absolute Gasteiger partial charge is 0.254 e. The minimum absolute atomic E-state index is 0.527. The summed E-state index contributed by atoms with van der Waals surface area (Å²) in [4.78, 5) is 59.3. The lowest BCUT2D eigenvalue weighted by Gasteiger charge is -2.12. The molecule has 0 atom stereocenters. The van der Waals surface area contributed by atoms with Crippen molar-refractivity contribution in [3.05, 3.63) is 364 Å². The summed E-state index contributed by atoms with van der Waals surface area (Å²) in [6.45, 7) is 0. The maximum atomic E-state index is 5.16. The van der Waals surface area contributed by atoms with Crippen LogP contribution in [-0.2, 0) is 0 Å². The van der Waals surface area contributed by atoms with Crippen LogP contribution in [0.15, 0.2) is 364 Å². The summed E-state index contributed by atoms with van der Waals surface area (Å²) in [7, 11) is 0. The van der Waals surface area contributed by atoms with E-state index in [0.29, 0.717) is 46.3 Å². The van der Waals surface area contributed by atoms with Crippen molar-refractivity contribution in [1.82, 2.24) is 59.8 Å². The molecule has 512 valence electrons. The lowest BCUT2D eigenvalue weighted by molar-refractivity contribution is 1.06. The van der Waals surface area contributed by atoms with Crippen LogP contribution in [-0.4, -0.2) is 59.8 Å². The number of aromatic nitrogens is 12. The Balaban J connectivity index is 0.000000145. The van der Waals surface area contributed by atoms with Crippen LogP contribution in [0.5, 0.6) is 0 Å². The van der Waals surface area contributed by atoms with Gasteiger partial charge in [0.1, 0.15) is 11.4 Å². The van der Waals surface area contributed by atoms with E-state index in [9.17, 15) is 0 Å². The number of rotatable bonds is 11. The first kappa shape index (κ1) is 64.5. The first-order valence-electron chi connectivity index (χ1n) is 36.5. The summed E-state index contributed by atoms with van der Waals surface area (Å²) >= 11 is 0. The van der Waals surface area contributed by atoms with Crippen LogP contribution in [0.3, 0.4) is 0 Å². The van der Waals surface area contributed by atoms with Crippen LogP contribution in [0.1, 0.15) is 0 Å². The molecular weight excluding hydrogens is 1350 g/mol. The molecule has 12 heteroatoms. The summed E-state index contributed by atoms with van der Waals surface area (Å²) in [6.07, 6.45) is 1.82. The van der Waals surface area contributed by atoms with Crippen LogP contribution < -0.4 is 0 Å². The molecule has 0 amide bonds. The molecule has 8 aromatic heterocycles. The summed E-state index contributed by atoms with van der Waals surface area (Å²) in [5.41, 5.74) is 20.9. The number of hydrogen-bond acceptors (Lipinski definition) is 12. The highest BCUT2D eigenvalue weighted by Crippen LogP contribution is 2.38. The van der Waals surface area contributed by atoms with Gasteiger partial charge in [-0.3, -0.25) is 4.98 Å². The lowest BCUT2D eigenvalue weighted by atomic mass is 9.95. The highest BCUT2D eigenvalue weighted by Gasteiger charge is 2.19. The third kappa shape index (κ3) is 12.6. The summed E-state index contributed by atoms with van der Waals surface area (Å²) < 4.78 is 0. The van der Waals surface area contributed by atoms with E-state index in [0.717, 1.165) is 144 Å². The van der Waals surface area contributed by atoms with Crippen LogP contribution >= 0.6 is 0 Å². The van der Waals surface area contributed by atoms with E-state index < -0.39 is 0 Å². The minimum Gasteiger partial charge on any atom is -0.254 e. The molecule has 0 aliphatic rings. The second-order valence-electron chi connectivity index (χ2n) is 27.2. The third-order valence-corrected chi connectivity index (χ3v) is 20.2. The smallest absolute Gasteiger partial charge is 0.182 e. The monoisotopic (exact) mass is 1400 g/mol. The Kier molecular flexibility index (Phi) is 16.2. The number of fused-ring (bicyclic) bond motifs is 10. The molecule has 0 aliphatic heterocycles. The molecular formula is C98H60N12. The van der Waals surface area contributed by atoms with Gasteiger partial charge in [0, 0.05) is 77.5 Å². The van der Waals surface area contributed by atoms with Crippen LogP contribution in [0, 0.1) is 0 Å². The van der Waals surface area contributed by atoms with Gasteiger partial charge in [0.05, 0.1) is 50.2 Å². The van der Waals surface area contributed by atoms with Crippen molar-refractivity contribution < 1.29 is 0 Å². The van der Waals surface area contributed by atoms with Crippen molar-refractivity contribution in [2.24, 2.45) is 0 Å². The van der Waals surface area contributed by atoms with Gasteiger partial charge in [-0.1, -0.05) is 279 Å². The van der Waals surface area contributed by atoms with Gasteiger partial charge in [0.2, 0.25) is 0 Å². The lowest BCUT2D eigenvalue weighted by Crippen LogP contribution is -2.01.